The zero-order valence-corrected chi connectivity index (χ0v) is 10.5. The molecule has 1 unspecified atom stereocenters. The van der Waals surface area contributed by atoms with Crippen molar-refractivity contribution in [3.63, 3.8) is 0 Å². The van der Waals surface area contributed by atoms with Gasteiger partial charge in [-0.25, -0.2) is 0 Å². The molecule has 5 nitrogen and oxygen atoms in total. The fourth-order valence-electron chi connectivity index (χ4n) is 1.76. The van der Waals surface area contributed by atoms with Gasteiger partial charge in [-0.3, -0.25) is 4.79 Å². The molecule has 19 heavy (non-hydrogen) atoms. The van der Waals surface area contributed by atoms with Crippen LogP contribution in [0.4, 0.5) is 0 Å². The largest absolute Gasteiger partial charge is 0.496 e. The fourth-order valence-corrected chi connectivity index (χ4v) is 1.76. The molecule has 1 atom stereocenters. The molecule has 1 aromatic heterocycles. The Hall–Kier alpha value is -2.27. The standard InChI is InChI=1S/C14H15NO4/c1-18-12-6-3-2-5-10(12)14(17)15-11(9-16)13-7-4-8-19-13/h2-8,11,16H,9H2,1H3,(H,15,17). The number of carbonyl (C=O) groups is 1. The Morgan fingerprint density at radius 3 is 2.79 bits per heavy atom. The molecule has 0 bridgehead atoms. The number of hydrogen-bond donors (Lipinski definition) is 2. The second-order valence-electron chi connectivity index (χ2n) is 3.92. The van der Waals surface area contributed by atoms with Crippen LogP contribution in [-0.2, 0) is 0 Å². The second-order valence-corrected chi connectivity index (χ2v) is 3.92. The minimum atomic E-state index is -0.576. The molecule has 0 aliphatic carbocycles. The maximum atomic E-state index is 12.1. The first kappa shape index (κ1) is 13.2. The zero-order valence-electron chi connectivity index (χ0n) is 10.5. The van der Waals surface area contributed by atoms with Crippen LogP contribution in [0.5, 0.6) is 5.75 Å². The van der Waals surface area contributed by atoms with Gasteiger partial charge in [0.15, 0.2) is 0 Å². The number of hydrogen-bond acceptors (Lipinski definition) is 4. The van der Waals surface area contributed by atoms with E-state index in [1.807, 2.05) is 0 Å². The van der Waals surface area contributed by atoms with Crippen molar-refractivity contribution in [2.45, 2.75) is 6.04 Å². The monoisotopic (exact) mass is 261 g/mol. The Labute approximate surface area is 110 Å². The molecule has 0 radical (unpaired) electrons. The highest BCUT2D eigenvalue weighted by Crippen LogP contribution is 2.19. The number of amides is 1. The van der Waals surface area contributed by atoms with Crippen molar-refractivity contribution in [1.29, 1.82) is 0 Å². The van der Waals surface area contributed by atoms with E-state index in [9.17, 15) is 9.90 Å². The third kappa shape index (κ3) is 2.95. The Bertz CT molecular complexity index is 536. The van der Waals surface area contributed by atoms with Gasteiger partial charge in [-0.15, -0.1) is 0 Å². The fraction of sp³-hybridized carbons (Fsp3) is 0.214. The van der Waals surface area contributed by atoms with E-state index in [0.717, 1.165) is 0 Å². The Morgan fingerprint density at radius 1 is 1.37 bits per heavy atom. The quantitative estimate of drug-likeness (QED) is 0.860. The van der Waals surface area contributed by atoms with Crippen LogP contribution < -0.4 is 10.1 Å². The first-order valence-electron chi connectivity index (χ1n) is 5.84. The molecule has 0 fully saturated rings. The number of para-hydroxylation sites is 1. The van der Waals surface area contributed by atoms with Crippen molar-refractivity contribution >= 4 is 5.91 Å². The molecule has 2 rings (SSSR count). The minimum absolute atomic E-state index is 0.242. The summed E-state index contributed by atoms with van der Waals surface area (Å²) in [6.45, 7) is -0.242. The van der Waals surface area contributed by atoms with E-state index in [1.165, 1.54) is 13.4 Å². The molecular weight excluding hydrogens is 246 g/mol. The summed E-state index contributed by atoms with van der Waals surface area (Å²) in [6, 6.07) is 9.72. The Balaban J connectivity index is 2.16. The predicted molar refractivity (Wildman–Crippen MR) is 69.0 cm³/mol. The molecule has 1 amide bonds. The van der Waals surface area contributed by atoms with E-state index in [-0.39, 0.29) is 12.5 Å². The van der Waals surface area contributed by atoms with Crippen LogP contribution in [0, 0.1) is 0 Å². The minimum Gasteiger partial charge on any atom is -0.496 e. The Kier molecular flexibility index (Phi) is 4.20. The molecular formula is C14H15NO4. The van der Waals surface area contributed by atoms with Gasteiger partial charge in [-0.2, -0.15) is 0 Å². The van der Waals surface area contributed by atoms with E-state index in [1.54, 1.807) is 36.4 Å². The lowest BCUT2D eigenvalue weighted by Gasteiger charge is -2.15. The summed E-state index contributed by atoms with van der Waals surface area (Å²) in [5.41, 5.74) is 0.412. The van der Waals surface area contributed by atoms with Crippen LogP contribution in [0.3, 0.4) is 0 Å². The number of rotatable bonds is 5. The SMILES string of the molecule is COc1ccccc1C(=O)NC(CO)c1ccco1. The number of methoxy groups -OCH3 is 1. The van der Waals surface area contributed by atoms with Crippen LogP contribution in [0.1, 0.15) is 22.2 Å². The van der Waals surface area contributed by atoms with Crippen LogP contribution in [-0.4, -0.2) is 24.7 Å². The van der Waals surface area contributed by atoms with Gasteiger partial charge in [0.25, 0.3) is 5.91 Å². The lowest BCUT2D eigenvalue weighted by Crippen LogP contribution is -2.30. The molecule has 0 aliphatic rings. The number of ether oxygens (including phenoxy) is 1. The van der Waals surface area contributed by atoms with Gasteiger partial charge in [-0.1, -0.05) is 12.1 Å². The van der Waals surface area contributed by atoms with Gasteiger partial charge >= 0.3 is 0 Å². The summed E-state index contributed by atoms with van der Waals surface area (Å²) in [5, 5.41) is 12.0. The molecule has 0 saturated heterocycles. The zero-order chi connectivity index (χ0) is 13.7. The molecule has 100 valence electrons. The normalized spacial score (nSPS) is 11.9. The van der Waals surface area contributed by atoms with E-state index in [0.29, 0.717) is 17.1 Å². The van der Waals surface area contributed by atoms with Crippen LogP contribution in [0.15, 0.2) is 47.1 Å². The summed E-state index contributed by atoms with van der Waals surface area (Å²) in [7, 11) is 1.50. The van der Waals surface area contributed by atoms with Gasteiger partial charge in [0, 0.05) is 0 Å². The highest BCUT2D eigenvalue weighted by molar-refractivity contribution is 5.97. The number of nitrogens with one attached hydrogen (secondary N) is 1. The molecule has 0 saturated carbocycles. The van der Waals surface area contributed by atoms with E-state index >= 15 is 0 Å². The van der Waals surface area contributed by atoms with Gasteiger partial charge in [0.1, 0.15) is 17.6 Å². The van der Waals surface area contributed by atoms with Gasteiger partial charge in [0.2, 0.25) is 0 Å². The first-order valence-corrected chi connectivity index (χ1v) is 5.84. The van der Waals surface area contributed by atoms with Crippen LogP contribution in [0.2, 0.25) is 0 Å². The number of aliphatic hydroxyl groups excluding tert-OH is 1. The third-order valence-corrected chi connectivity index (χ3v) is 2.73. The average Bonchev–Trinajstić information content (AvgIpc) is 2.98. The number of carbonyl (C=O) groups excluding carboxylic acids is 1. The average molecular weight is 261 g/mol. The summed E-state index contributed by atoms with van der Waals surface area (Å²) in [4.78, 5) is 12.1. The number of furan rings is 1. The molecule has 0 aliphatic heterocycles. The Morgan fingerprint density at radius 2 is 2.16 bits per heavy atom. The smallest absolute Gasteiger partial charge is 0.255 e. The molecule has 0 spiro atoms. The summed E-state index contributed by atoms with van der Waals surface area (Å²) in [5.74, 6) is 0.662. The van der Waals surface area contributed by atoms with Crippen molar-refractivity contribution < 1.29 is 19.1 Å². The highest BCUT2D eigenvalue weighted by Gasteiger charge is 2.19. The number of aliphatic hydroxyl groups is 1. The van der Waals surface area contributed by atoms with Gasteiger partial charge < -0.3 is 19.6 Å². The van der Waals surface area contributed by atoms with Crippen LogP contribution in [0.25, 0.3) is 0 Å². The van der Waals surface area contributed by atoms with Gasteiger partial charge in [-0.05, 0) is 24.3 Å². The predicted octanol–water partition coefficient (Wildman–Crippen LogP) is 1.75. The lowest BCUT2D eigenvalue weighted by molar-refractivity contribution is 0.0904. The molecule has 5 heteroatoms. The lowest BCUT2D eigenvalue weighted by atomic mass is 10.1. The maximum absolute atomic E-state index is 12.1. The molecule has 2 N–H and O–H groups in total. The summed E-state index contributed by atoms with van der Waals surface area (Å²) < 4.78 is 10.3. The van der Waals surface area contributed by atoms with E-state index in [4.69, 9.17) is 9.15 Å². The van der Waals surface area contributed by atoms with Crippen molar-refractivity contribution in [1.82, 2.24) is 5.32 Å². The second kappa shape index (κ2) is 6.06. The number of benzene rings is 1. The van der Waals surface area contributed by atoms with Crippen molar-refractivity contribution in [2.24, 2.45) is 0 Å². The van der Waals surface area contributed by atoms with Crippen LogP contribution >= 0.6 is 0 Å². The summed E-state index contributed by atoms with van der Waals surface area (Å²) in [6.07, 6.45) is 1.49. The van der Waals surface area contributed by atoms with Crippen molar-refractivity contribution in [2.75, 3.05) is 13.7 Å². The van der Waals surface area contributed by atoms with E-state index in [2.05, 4.69) is 5.32 Å². The molecule has 1 aromatic carbocycles. The summed E-state index contributed by atoms with van der Waals surface area (Å²) >= 11 is 0. The molecule has 1 heterocycles. The maximum Gasteiger partial charge on any atom is 0.255 e. The highest BCUT2D eigenvalue weighted by atomic mass is 16.5. The molecule has 2 aromatic rings. The third-order valence-electron chi connectivity index (χ3n) is 2.73. The topological polar surface area (TPSA) is 71.7 Å². The van der Waals surface area contributed by atoms with Gasteiger partial charge in [0.05, 0.1) is 25.5 Å². The van der Waals surface area contributed by atoms with Crippen molar-refractivity contribution in [3.05, 3.63) is 54.0 Å². The first-order chi connectivity index (χ1) is 9.26. The van der Waals surface area contributed by atoms with Crippen molar-refractivity contribution in [3.8, 4) is 5.75 Å². The van der Waals surface area contributed by atoms with E-state index < -0.39 is 6.04 Å².